The third kappa shape index (κ3) is 3.64. The molecule has 0 amide bonds. The van der Waals surface area contributed by atoms with E-state index < -0.39 is 0 Å². The van der Waals surface area contributed by atoms with Gasteiger partial charge >= 0.3 is 0 Å². The first-order valence-corrected chi connectivity index (χ1v) is 8.93. The Hall–Kier alpha value is -3.85. The van der Waals surface area contributed by atoms with E-state index in [0.717, 1.165) is 45.7 Å². The molecule has 0 radical (unpaired) electrons. The molecule has 3 aromatic heterocycles. The van der Waals surface area contributed by atoms with Gasteiger partial charge in [-0.25, -0.2) is 9.97 Å². The van der Waals surface area contributed by atoms with Crippen LogP contribution in [0, 0.1) is 11.3 Å². The smallest absolute Gasteiger partial charge is 0.137 e. The van der Waals surface area contributed by atoms with Gasteiger partial charge in [-0.1, -0.05) is 24.3 Å². The molecule has 1 aromatic carbocycles. The van der Waals surface area contributed by atoms with Crippen molar-refractivity contribution in [2.24, 2.45) is 0 Å². The zero-order valence-corrected chi connectivity index (χ0v) is 15.4. The summed E-state index contributed by atoms with van der Waals surface area (Å²) in [5.74, 6) is 1.67. The zero-order chi connectivity index (χ0) is 19.3. The van der Waals surface area contributed by atoms with Gasteiger partial charge in [-0.05, 0) is 29.3 Å². The number of fused-ring (bicyclic) bond motifs is 1. The number of para-hydroxylation sites is 1. The van der Waals surface area contributed by atoms with Gasteiger partial charge in [0.05, 0.1) is 12.7 Å². The van der Waals surface area contributed by atoms with Crippen LogP contribution in [0.15, 0.2) is 61.1 Å². The molecule has 0 aliphatic heterocycles. The number of nitriles is 1. The van der Waals surface area contributed by atoms with Crippen LogP contribution in [0.1, 0.15) is 22.3 Å². The number of anilines is 1. The summed E-state index contributed by atoms with van der Waals surface area (Å²) in [5, 5.41) is 13.4. The van der Waals surface area contributed by atoms with Crippen LogP contribution in [0.5, 0.6) is 5.75 Å². The van der Waals surface area contributed by atoms with Gasteiger partial charge in [0.1, 0.15) is 23.3 Å². The molecule has 0 aliphatic rings. The Balaban J connectivity index is 1.46. The van der Waals surface area contributed by atoms with Crippen molar-refractivity contribution < 1.29 is 4.74 Å². The fraction of sp³-hybridized carbons (Fsp3) is 0.136. The lowest BCUT2D eigenvalue weighted by Gasteiger charge is -2.10. The van der Waals surface area contributed by atoms with Gasteiger partial charge in [-0.2, -0.15) is 5.26 Å². The lowest BCUT2D eigenvalue weighted by Crippen LogP contribution is -2.03. The molecule has 28 heavy (non-hydrogen) atoms. The number of H-pyrrole nitrogens is 1. The molecule has 0 saturated carbocycles. The summed E-state index contributed by atoms with van der Waals surface area (Å²) in [6, 6.07) is 15.9. The molecule has 6 nitrogen and oxygen atoms in total. The minimum Gasteiger partial charge on any atom is -0.496 e. The summed E-state index contributed by atoms with van der Waals surface area (Å²) in [6.07, 6.45) is 6.10. The molecule has 6 heteroatoms. The quantitative estimate of drug-likeness (QED) is 0.536. The highest BCUT2D eigenvalue weighted by molar-refractivity contribution is 5.81. The SMILES string of the molecule is COc1ccccc1CNc1ccc(Cc2c[nH]c3ncc(C#N)cc23)cn1. The number of hydrogen-bond donors (Lipinski definition) is 2. The molecule has 0 atom stereocenters. The number of hydrogen-bond acceptors (Lipinski definition) is 5. The second-order valence-electron chi connectivity index (χ2n) is 6.44. The Bertz CT molecular complexity index is 1140. The normalized spacial score (nSPS) is 10.6. The standard InChI is InChI=1S/C22H19N5O/c1-28-20-5-3-2-4-17(20)13-25-21-7-6-15(11-24-21)8-18-14-27-22-19(18)9-16(10-23)12-26-22/h2-7,9,11-12,14H,8,13H2,1H3,(H,24,25)(H,26,27). The second-order valence-corrected chi connectivity index (χ2v) is 6.44. The molecule has 3 heterocycles. The number of aromatic nitrogens is 3. The van der Waals surface area contributed by atoms with Gasteiger partial charge in [-0.3, -0.25) is 0 Å². The van der Waals surface area contributed by atoms with E-state index >= 15 is 0 Å². The number of nitrogens with one attached hydrogen (secondary N) is 2. The first kappa shape index (κ1) is 17.6. The fourth-order valence-electron chi connectivity index (χ4n) is 3.15. The maximum atomic E-state index is 9.09. The highest BCUT2D eigenvalue weighted by Crippen LogP contribution is 2.22. The number of methoxy groups -OCH3 is 1. The van der Waals surface area contributed by atoms with E-state index in [-0.39, 0.29) is 0 Å². The van der Waals surface area contributed by atoms with Crippen molar-refractivity contribution in [1.29, 1.82) is 5.26 Å². The van der Waals surface area contributed by atoms with Crippen LogP contribution in [0.3, 0.4) is 0 Å². The van der Waals surface area contributed by atoms with Crippen LogP contribution >= 0.6 is 0 Å². The monoisotopic (exact) mass is 369 g/mol. The topological polar surface area (TPSA) is 86.6 Å². The number of ether oxygens (including phenoxy) is 1. The van der Waals surface area contributed by atoms with E-state index in [1.54, 1.807) is 13.3 Å². The molecule has 4 rings (SSSR count). The molecule has 4 aromatic rings. The molecule has 138 valence electrons. The maximum Gasteiger partial charge on any atom is 0.137 e. The van der Waals surface area contributed by atoms with Gasteiger partial charge in [0.15, 0.2) is 0 Å². The number of pyridine rings is 2. The van der Waals surface area contributed by atoms with E-state index in [2.05, 4.69) is 32.4 Å². The van der Waals surface area contributed by atoms with Crippen molar-refractivity contribution in [3.8, 4) is 11.8 Å². The van der Waals surface area contributed by atoms with E-state index in [1.807, 2.05) is 48.8 Å². The van der Waals surface area contributed by atoms with E-state index in [0.29, 0.717) is 12.1 Å². The first-order valence-electron chi connectivity index (χ1n) is 8.93. The van der Waals surface area contributed by atoms with Gasteiger partial charge in [0.25, 0.3) is 0 Å². The average molecular weight is 369 g/mol. The van der Waals surface area contributed by atoms with Gasteiger partial charge in [0.2, 0.25) is 0 Å². The Morgan fingerprint density at radius 3 is 2.79 bits per heavy atom. The predicted molar refractivity (Wildman–Crippen MR) is 108 cm³/mol. The minimum atomic E-state index is 0.558. The Morgan fingerprint density at radius 1 is 1.11 bits per heavy atom. The van der Waals surface area contributed by atoms with Crippen molar-refractivity contribution in [1.82, 2.24) is 15.0 Å². The van der Waals surface area contributed by atoms with Crippen LogP contribution in [-0.2, 0) is 13.0 Å². The minimum absolute atomic E-state index is 0.558. The predicted octanol–water partition coefficient (Wildman–Crippen LogP) is 4.04. The van der Waals surface area contributed by atoms with Crippen LogP contribution in [0.25, 0.3) is 11.0 Å². The largest absolute Gasteiger partial charge is 0.496 e. The lowest BCUT2D eigenvalue weighted by atomic mass is 10.1. The molecule has 0 aliphatic carbocycles. The summed E-state index contributed by atoms with van der Waals surface area (Å²) in [7, 11) is 1.67. The first-order chi connectivity index (χ1) is 13.8. The van der Waals surface area contributed by atoms with Gasteiger partial charge in [-0.15, -0.1) is 0 Å². The number of nitrogens with zero attached hydrogens (tertiary/aromatic N) is 3. The zero-order valence-electron chi connectivity index (χ0n) is 15.4. The summed E-state index contributed by atoms with van der Waals surface area (Å²) in [4.78, 5) is 12.0. The number of aromatic amines is 1. The van der Waals surface area contributed by atoms with Crippen molar-refractivity contribution in [3.63, 3.8) is 0 Å². The molecular weight excluding hydrogens is 350 g/mol. The maximum absolute atomic E-state index is 9.09. The van der Waals surface area contributed by atoms with Crippen molar-refractivity contribution >= 4 is 16.9 Å². The number of rotatable bonds is 6. The Morgan fingerprint density at radius 2 is 2.00 bits per heavy atom. The van der Waals surface area contributed by atoms with Gasteiger partial charge in [0, 0.05) is 42.5 Å². The third-order valence-corrected chi connectivity index (χ3v) is 4.62. The average Bonchev–Trinajstić information content (AvgIpc) is 3.15. The molecule has 2 N–H and O–H groups in total. The fourth-order valence-corrected chi connectivity index (χ4v) is 3.15. The molecule has 0 bridgehead atoms. The molecule has 0 spiro atoms. The summed E-state index contributed by atoms with van der Waals surface area (Å²) in [5.41, 5.74) is 4.61. The van der Waals surface area contributed by atoms with E-state index in [1.165, 1.54) is 0 Å². The van der Waals surface area contributed by atoms with Gasteiger partial charge < -0.3 is 15.0 Å². The van der Waals surface area contributed by atoms with Crippen molar-refractivity contribution in [3.05, 3.63) is 83.3 Å². The van der Waals surface area contributed by atoms with E-state index in [4.69, 9.17) is 10.00 Å². The molecule has 0 saturated heterocycles. The summed E-state index contributed by atoms with van der Waals surface area (Å²) < 4.78 is 5.37. The Labute approximate surface area is 162 Å². The van der Waals surface area contributed by atoms with Crippen LogP contribution in [-0.4, -0.2) is 22.1 Å². The Kier molecular flexibility index (Phi) is 4.89. The number of benzene rings is 1. The van der Waals surface area contributed by atoms with Crippen LogP contribution < -0.4 is 10.1 Å². The highest BCUT2D eigenvalue weighted by atomic mass is 16.5. The van der Waals surface area contributed by atoms with Crippen LogP contribution in [0.2, 0.25) is 0 Å². The van der Waals surface area contributed by atoms with Crippen LogP contribution in [0.4, 0.5) is 5.82 Å². The molecule has 0 fully saturated rings. The van der Waals surface area contributed by atoms with Crippen molar-refractivity contribution in [2.75, 3.05) is 12.4 Å². The molecular formula is C22H19N5O. The summed E-state index contributed by atoms with van der Waals surface area (Å²) in [6.45, 7) is 0.640. The molecule has 0 unspecified atom stereocenters. The third-order valence-electron chi connectivity index (χ3n) is 4.62. The van der Waals surface area contributed by atoms with E-state index in [9.17, 15) is 0 Å². The second kappa shape index (κ2) is 7.80. The summed E-state index contributed by atoms with van der Waals surface area (Å²) >= 11 is 0. The van der Waals surface area contributed by atoms with Crippen molar-refractivity contribution in [2.45, 2.75) is 13.0 Å². The highest BCUT2D eigenvalue weighted by Gasteiger charge is 2.08. The lowest BCUT2D eigenvalue weighted by molar-refractivity contribution is 0.410.